The monoisotopic (exact) mass is 208 g/mol. The van der Waals surface area contributed by atoms with Gasteiger partial charge in [0.1, 0.15) is 0 Å². The van der Waals surface area contributed by atoms with Crippen molar-refractivity contribution in [3.8, 4) is 0 Å². The Labute approximate surface area is 87.9 Å². The fourth-order valence-corrected chi connectivity index (χ4v) is 1.65. The van der Waals surface area contributed by atoms with Gasteiger partial charge in [0.2, 0.25) is 0 Å². The van der Waals surface area contributed by atoms with E-state index < -0.39 is 6.10 Å². The number of hydrogen-bond donors (Lipinski definition) is 2. The first kappa shape index (κ1) is 9.55. The summed E-state index contributed by atoms with van der Waals surface area (Å²) < 4.78 is 1.71. The molecule has 0 saturated carbocycles. The molecule has 0 bridgehead atoms. The first-order valence-corrected chi connectivity index (χ1v) is 4.97. The summed E-state index contributed by atoms with van der Waals surface area (Å²) in [7, 11) is 0. The van der Waals surface area contributed by atoms with Crippen LogP contribution in [0.5, 0.6) is 0 Å². The second-order valence-corrected chi connectivity index (χ2v) is 3.66. The molecule has 14 heavy (non-hydrogen) atoms. The quantitative estimate of drug-likeness (QED) is 0.742. The second kappa shape index (κ2) is 3.63. The van der Waals surface area contributed by atoms with Crippen molar-refractivity contribution in [1.29, 1.82) is 0 Å². The molecular weight excluding hydrogens is 196 g/mol. The first-order valence-electron chi connectivity index (χ1n) is 4.57. The molecule has 2 aromatic rings. The zero-order valence-corrected chi connectivity index (χ0v) is 8.78. The van der Waals surface area contributed by atoms with Crippen molar-refractivity contribution < 1.29 is 5.11 Å². The van der Waals surface area contributed by atoms with Crippen LogP contribution in [0.3, 0.4) is 0 Å². The molecule has 1 atom stereocenters. The van der Waals surface area contributed by atoms with E-state index in [1.54, 1.807) is 3.97 Å². The van der Waals surface area contributed by atoms with Crippen molar-refractivity contribution in [1.82, 2.24) is 8.96 Å². The molecule has 0 amide bonds. The Bertz CT molecular complexity index is 452. The van der Waals surface area contributed by atoms with Crippen LogP contribution in [0.1, 0.15) is 25.1 Å². The van der Waals surface area contributed by atoms with Gasteiger partial charge in [-0.05, 0) is 24.6 Å². The molecule has 0 aliphatic heterocycles. The van der Waals surface area contributed by atoms with Crippen LogP contribution in [-0.2, 0) is 0 Å². The van der Waals surface area contributed by atoms with Gasteiger partial charge in [0.25, 0.3) is 0 Å². The summed E-state index contributed by atoms with van der Waals surface area (Å²) in [6, 6.07) is 5.64. The summed E-state index contributed by atoms with van der Waals surface area (Å²) in [5.41, 5.74) is 2.55. The average Bonchev–Trinajstić information content (AvgIpc) is 2.59. The van der Waals surface area contributed by atoms with Crippen LogP contribution >= 0.6 is 12.8 Å². The molecule has 3 nitrogen and oxygen atoms in total. The van der Waals surface area contributed by atoms with Gasteiger partial charge in [-0.2, -0.15) is 0 Å². The van der Waals surface area contributed by atoms with Crippen LogP contribution in [0.15, 0.2) is 24.4 Å². The molecule has 74 valence electrons. The van der Waals surface area contributed by atoms with E-state index in [4.69, 9.17) is 0 Å². The Morgan fingerprint density at radius 1 is 1.50 bits per heavy atom. The largest absolute Gasteiger partial charge is 0.387 e. The van der Waals surface area contributed by atoms with Crippen LogP contribution in [0.25, 0.3) is 11.0 Å². The zero-order valence-electron chi connectivity index (χ0n) is 7.88. The van der Waals surface area contributed by atoms with E-state index >= 15 is 0 Å². The van der Waals surface area contributed by atoms with Crippen LogP contribution in [-0.4, -0.2) is 14.1 Å². The SMILES string of the molecule is CCC(O)c1ccc2c(ccn2S)n1. The predicted octanol–water partition coefficient (Wildman–Crippen LogP) is 2.17. The smallest absolute Gasteiger partial charge is 0.0957 e. The third-order valence-corrected chi connectivity index (χ3v) is 2.62. The highest BCUT2D eigenvalue weighted by Gasteiger charge is 2.08. The standard InChI is InChI=1S/C10H12N2OS/c1-2-10(13)8-3-4-9-7(11-8)5-6-12(9)14/h3-6,10,13-14H,2H2,1H3. The Hall–Kier alpha value is -1.00. The molecule has 2 heterocycles. The van der Waals surface area contributed by atoms with E-state index in [2.05, 4.69) is 17.8 Å². The Kier molecular flexibility index (Phi) is 2.48. The number of aliphatic hydroxyl groups excluding tert-OH is 1. The minimum absolute atomic E-state index is 0.470. The summed E-state index contributed by atoms with van der Waals surface area (Å²) in [6.45, 7) is 1.93. The summed E-state index contributed by atoms with van der Waals surface area (Å²) in [5, 5.41) is 9.61. The van der Waals surface area contributed by atoms with Crippen LogP contribution in [0, 0.1) is 0 Å². The van der Waals surface area contributed by atoms with Gasteiger partial charge in [0.05, 0.1) is 22.8 Å². The topological polar surface area (TPSA) is 38.0 Å². The van der Waals surface area contributed by atoms with Gasteiger partial charge >= 0.3 is 0 Å². The van der Waals surface area contributed by atoms with Gasteiger partial charge in [0, 0.05) is 6.20 Å². The number of hydrogen-bond acceptors (Lipinski definition) is 3. The van der Waals surface area contributed by atoms with Gasteiger partial charge in [0.15, 0.2) is 0 Å². The molecule has 0 radical (unpaired) electrons. The van der Waals surface area contributed by atoms with Crippen LogP contribution in [0.2, 0.25) is 0 Å². The highest BCUT2D eigenvalue weighted by atomic mass is 32.1. The highest BCUT2D eigenvalue weighted by Crippen LogP contribution is 2.19. The van der Waals surface area contributed by atoms with Crippen molar-refractivity contribution in [2.75, 3.05) is 0 Å². The van der Waals surface area contributed by atoms with E-state index in [9.17, 15) is 5.11 Å². The molecule has 0 fully saturated rings. The zero-order chi connectivity index (χ0) is 10.1. The molecule has 0 aromatic carbocycles. The lowest BCUT2D eigenvalue weighted by Crippen LogP contribution is -1.98. The molecule has 4 heteroatoms. The molecular formula is C10H12N2OS. The molecule has 1 unspecified atom stereocenters. The number of nitrogens with zero attached hydrogens (tertiary/aromatic N) is 2. The minimum Gasteiger partial charge on any atom is -0.387 e. The van der Waals surface area contributed by atoms with Crippen molar-refractivity contribution in [3.63, 3.8) is 0 Å². The molecule has 1 N–H and O–H groups in total. The maximum absolute atomic E-state index is 9.61. The van der Waals surface area contributed by atoms with E-state index in [0.29, 0.717) is 6.42 Å². The summed E-state index contributed by atoms with van der Waals surface area (Å²) in [4.78, 5) is 4.35. The lowest BCUT2D eigenvalue weighted by atomic mass is 10.2. The predicted molar refractivity (Wildman–Crippen MR) is 59.4 cm³/mol. The molecule has 0 aliphatic rings. The van der Waals surface area contributed by atoms with Crippen LogP contribution < -0.4 is 0 Å². The van der Waals surface area contributed by atoms with E-state index in [1.165, 1.54) is 0 Å². The van der Waals surface area contributed by atoms with Gasteiger partial charge in [-0.1, -0.05) is 19.7 Å². The fourth-order valence-electron chi connectivity index (χ4n) is 1.42. The lowest BCUT2D eigenvalue weighted by Gasteiger charge is -2.06. The maximum atomic E-state index is 9.61. The maximum Gasteiger partial charge on any atom is 0.0957 e. The molecule has 2 aromatic heterocycles. The highest BCUT2D eigenvalue weighted by molar-refractivity contribution is 7.78. The third kappa shape index (κ3) is 1.51. The van der Waals surface area contributed by atoms with Crippen molar-refractivity contribution in [2.24, 2.45) is 0 Å². The van der Waals surface area contributed by atoms with Gasteiger partial charge in [-0.15, -0.1) is 0 Å². The van der Waals surface area contributed by atoms with Gasteiger partial charge in [-0.3, -0.25) is 3.97 Å². The van der Waals surface area contributed by atoms with Crippen molar-refractivity contribution in [3.05, 3.63) is 30.1 Å². The molecule has 0 aliphatic carbocycles. The summed E-state index contributed by atoms with van der Waals surface area (Å²) in [6.07, 6.45) is 2.05. The van der Waals surface area contributed by atoms with Crippen molar-refractivity contribution in [2.45, 2.75) is 19.4 Å². The number of fused-ring (bicyclic) bond motifs is 1. The van der Waals surface area contributed by atoms with E-state index in [-0.39, 0.29) is 0 Å². The Balaban J connectivity index is 2.52. The summed E-state index contributed by atoms with van der Waals surface area (Å²) >= 11 is 4.22. The van der Waals surface area contributed by atoms with Crippen molar-refractivity contribution >= 4 is 23.8 Å². The lowest BCUT2D eigenvalue weighted by molar-refractivity contribution is 0.169. The second-order valence-electron chi connectivity index (χ2n) is 3.22. The van der Waals surface area contributed by atoms with Gasteiger partial charge < -0.3 is 5.11 Å². The number of rotatable bonds is 2. The van der Waals surface area contributed by atoms with Gasteiger partial charge in [-0.25, -0.2) is 4.98 Å². The number of aromatic nitrogens is 2. The van der Waals surface area contributed by atoms with E-state index in [0.717, 1.165) is 16.7 Å². The Morgan fingerprint density at radius 2 is 2.29 bits per heavy atom. The number of pyridine rings is 1. The number of aliphatic hydroxyl groups is 1. The normalized spacial score (nSPS) is 13.4. The molecule has 0 spiro atoms. The first-order chi connectivity index (χ1) is 6.72. The average molecular weight is 208 g/mol. The Morgan fingerprint density at radius 3 is 3.00 bits per heavy atom. The number of thiol groups is 1. The fraction of sp³-hybridized carbons (Fsp3) is 0.300. The molecule has 2 rings (SSSR count). The third-order valence-electron chi connectivity index (χ3n) is 2.27. The summed E-state index contributed by atoms with van der Waals surface area (Å²) in [5.74, 6) is 0. The van der Waals surface area contributed by atoms with E-state index in [1.807, 2.05) is 31.3 Å². The molecule has 0 saturated heterocycles. The van der Waals surface area contributed by atoms with Crippen LogP contribution in [0.4, 0.5) is 0 Å². The minimum atomic E-state index is -0.470.